The van der Waals surface area contributed by atoms with Crippen molar-refractivity contribution >= 4 is 11.8 Å². The first kappa shape index (κ1) is 26.6. The van der Waals surface area contributed by atoms with Crippen LogP contribution in [0.5, 0.6) is 0 Å². The third kappa shape index (κ3) is 7.10. The first-order chi connectivity index (χ1) is 19.1. The van der Waals surface area contributed by atoms with Crippen LogP contribution in [0.3, 0.4) is 0 Å². The van der Waals surface area contributed by atoms with Crippen LogP contribution in [0.4, 0.5) is 0 Å². The topological polar surface area (TPSA) is 89.3 Å². The van der Waals surface area contributed by atoms with E-state index < -0.39 is 0 Å². The molecule has 0 bridgehead atoms. The highest BCUT2D eigenvalue weighted by molar-refractivity contribution is 5.96. The number of amides is 2. The Bertz CT molecular complexity index is 1290. The smallest absolute Gasteiger partial charge is 0.270 e. The number of nitrogens with zero attached hydrogens (tertiary/aromatic N) is 4. The number of carbonyl (C=O) groups excluding carboxylic acids is 2. The average molecular weight is 522 g/mol. The van der Waals surface area contributed by atoms with Crippen LogP contribution < -0.4 is 5.32 Å². The van der Waals surface area contributed by atoms with Crippen molar-refractivity contribution < 1.29 is 9.59 Å². The quantitative estimate of drug-likeness (QED) is 0.497. The maximum Gasteiger partial charge on any atom is 0.270 e. The third-order valence-corrected chi connectivity index (χ3v) is 7.92. The molecule has 0 saturated carbocycles. The van der Waals surface area contributed by atoms with Crippen LogP contribution in [0.15, 0.2) is 72.9 Å². The number of hydrogen-bond donors (Lipinski definition) is 1. The SMILES string of the molecule is N#Cc1ccc(CN2CCC(NC(=O)c3ccc(C(=O)N4CCC(Cc5ccccc5)CC4)cn3)CC2)cc1. The zero-order chi connectivity index (χ0) is 27.0. The molecule has 2 amide bonds. The highest BCUT2D eigenvalue weighted by atomic mass is 16.2. The van der Waals surface area contributed by atoms with E-state index in [1.165, 1.54) is 17.3 Å². The second kappa shape index (κ2) is 12.7. The Hall–Kier alpha value is -4.02. The Kier molecular flexibility index (Phi) is 8.65. The Morgan fingerprint density at radius 3 is 2.23 bits per heavy atom. The van der Waals surface area contributed by atoms with E-state index in [1.54, 1.807) is 12.1 Å². The highest BCUT2D eigenvalue weighted by Gasteiger charge is 2.25. The molecule has 0 atom stereocenters. The van der Waals surface area contributed by atoms with Gasteiger partial charge >= 0.3 is 0 Å². The first-order valence-electron chi connectivity index (χ1n) is 13.9. The maximum absolute atomic E-state index is 13.0. The summed E-state index contributed by atoms with van der Waals surface area (Å²) < 4.78 is 0. The first-order valence-corrected chi connectivity index (χ1v) is 13.9. The number of rotatable bonds is 7. The zero-order valence-electron chi connectivity index (χ0n) is 22.3. The number of aromatic nitrogens is 1. The molecule has 0 spiro atoms. The highest BCUT2D eigenvalue weighted by Crippen LogP contribution is 2.23. The molecule has 2 fully saturated rings. The summed E-state index contributed by atoms with van der Waals surface area (Å²) in [5.74, 6) is 0.395. The Morgan fingerprint density at radius 2 is 1.59 bits per heavy atom. The van der Waals surface area contributed by atoms with E-state index in [4.69, 9.17) is 5.26 Å². The summed E-state index contributed by atoms with van der Waals surface area (Å²) in [7, 11) is 0. The van der Waals surface area contributed by atoms with Crippen LogP contribution in [-0.4, -0.2) is 58.8 Å². The molecule has 3 aromatic rings. The van der Waals surface area contributed by atoms with Crippen LogP contribution in [0.25, 0.3) is 0 Å². The number of carbonyl (C=O) groups is 2. The molecule has 1 N–H and O–H groups in total. The molecule has 3 heterocycles. The molecule has 1 aromatic heterocycles. The van der Waals surface area contributed by atoms with E-state index in [9.17, 15) is 9.59 Å². The van der Waals surface area contributed by atoms with Gasteiger partial charge in [0.25, 0.3) is 11.8 Å². The van der Waals surface area contributed by atoms with Crippen molar-refractivity contribution in [1.82, 2.24) is 20.1 Å². The second-order valence-corrected chi connectivity index (χ2v) is 10.7. The van der Waals surface area contributed by atoms with E-state index in [2.05, 4.69) is 45.5 Å². The van der Waals surface area contributed by atoms with Crippen molar-refractivity contribution in [3.63, 3.8) is 0 Å². The van der Waals surface area contributed by atoms with Gasteiger partial charge in [-0.1, -0.05) is 42.5 Å². The van der Waals surface area contributed by atoms with Crippen molar-refractivity contribution in [3.8, 4) is 6.07 Å². The average Bonchev–Trinajstić information content (AvgIpc) is 2.99. The standard InChI is InChI=1S/C32H35N5O2/c33-21-26-6-8-27(9-7-26)23-36-16-14-29(15-17-36)35-31(38)30-11-10-28(22-34-30)32(39)37-18-12-25(13-19-37)20-24-4-2-1-3-5-24/h1-11,22,25,29H,12-20,23H2,(H,35,38). The summed E-state index contributed by atoms with van der Waals surface area (Å²) >= 11 is 0. The van der Waals surface area contributed by atoms with Gasteiger partial charge in [-0.05, 0) is 73.4 Å². The summed E-state index contributed by atoms with van der Waals surface area (Å²) in [4.78, 5) is 34.4. The van der Waals surface area contributed by atoms with E-state index in [0.717, 1.165) is 64.8 Å². The molecule has 2 saturated heterocycles. The maximum atomic E-state index is 13.0. The molecule has 2 aliphatic rings. The summed E-state index contributed by atoms with van der Waals surface area (Å²) in [6, 6.07) is 23.9. The van der Waals surface area contributed by atoms with Crippen LogP contribution in [0.1, 0.15) is 63.2 Å². The third-order valence-electron chi connectivity index (χ3n) is 7.92. The number of benzene rings is 2. The molecule has 0 aliphatic carbocycles. The summed E-state index contributed by atoms with van der Waals surface area (Å²) in [5.41, 5.74) is 4.09. The Labute approximate surface area is 230 Å². The lowest BCUT2D eigenvalue weighted by molar-refractivity contribution is 0.0689. The minimum absolute atomic E-state index is 0.0118. The molecule has 5 rings (SSSR count). The molecule has 39 heavy (non-hydrogen) atoms. The Morgan fingerprint density at radius 1 is 0.872 bits per heavy atom. The molecule has 2 aromatic carbocycles. The fraction of sp³-hybridized carbons (Fsp3) is 0.375. The number of hydrogen-bond acceptors (Lipinski definition) is 5. The fourth-order valence-corrected chi connectivity index (χ4v) is 5.56. The number of piperidine rings is 2. The zero-order valence-corrected chi connectivity index (χ0v) is 22.3. The lowest BCUT2D eigenvalue weighted by Gasteiger charge is -2.32. The van der Waals surface area contributed by atoms with E-state index in [1.807, 2.05) is 35.2 Å². The molecule has 7 nitrogen and oxygen atoms in total. The molecular weight excluding hydrogens is 486 g/mol. The second-order valence-electron chi connectivity index (χ2n) is 10.7. The predicted molar refractivity (Wildman–Crippen MR) is 150 cm³/mol. The van der Waals surface area contributed by atoms with Gasteiger partial charge in [0.2, 0.25) is 0 Å². The lowest BCUT2D eigenvalue weighted by Crippen LogP contribution is -2.44. The minimum atomic E-state index is -0.193. The van der Waals surface area contributed by atoms with Crippen LogP contribution >= 0.6 is 0 Å². The van der Waals surface area contributed by atoms with Crippen LogP contribution in [-0.2, 0) is 13.0 Å². The predicted octanol–water partition coefficient (Wildman–Crippen LogP) is 4.44. The Balaban J connectivity index is 1.05. The largest absolute Gasteiger partial charge is 0.348 e. The summed E-state index contributed by atoms with van der Waals surface area (Å²) in [6.07, 6.45) is 6.34. The molecule has 7 heteroatoms. The number of likely N-dealkylation sites (tertiary alicyclic amines) is 2. The molecule has 0 radical (unpaired) electrons. The molecular formula is C32H35N5O2. The van der Waals surface area contributed by atoms with Crippen molar-refractivity contribution in [2.24, 2.45) is 5.92 Å². The monoisotopic (exact) mass is 521 g/mol. The van der Waals surface area contributed by atoms with Gasteiger partial charge in [-0.3, -0.25) is 19.5 Å². The van der Waals surface area contributed by atoms with Gasteiger partial charge in [0.1, 0.15) is 5.69 Å². The van der Waals surface area contributed by atoms with E-state index in [0.29, 0.717) is 22.7 Å². The van der Waals surface area contributed by atoms with Crippen molar-refractivity contribution in [3.05, 3.63) is 101 Å². The van der Waals surface area contributed by atoms with Gasteiger partial charge in [-0.25, -0.2) is 0 Å². The number of nitrogens with one attached hydrogen (secondary N) is 1. The van der Waals surface area contributed by atoms with Crippen LogP contribution in [0, 0.1) is 17.2 Å². The van der Waals surface area contributed by atoms with Gasteiger partial charge in [-0.2, -0.15) is 5.26 Å². The summed E-state index contributed by atoms with van der Waals surface area (Å²) in [6.45, 7) is 4.14. The van der Waals surface area contributed by atoms with Gasteiger partial charge in [0.15, 0.2) is 0 Å². The normalized spacial score (nSPS) is 16.9. The van der Waals surface area contributed by atoms with Gasteiger partial charge in [-0.15, -0.1) is 0 Å². The molecule has 0 unspecified atom stereocenters. The number of nitriles is 1. The number of pyridine rings is 1. The summed E-state index contributed by atoms with van der Waals surface area (Å²) in [5, 5.41) is 12.1. The van der Waals surface area contributed by atoms with Gasteiger partial charge in [0, 0.05) is 45.0 Å². The van der Waals surface area contributed by atoms with Crippen molar-refractivity contribution in [1.29, 1.82) is 5.26 Å². The molecule has 200 valence electrons. The molecule has 2 aliphatic heterocycles. The lowest BCUT2D eigenvalue weighted by atomic mass is 9.90. The minimum Gasteiger partial charge on any atom is -0.348 e. The van der Waals surface area contributed by atoms with Gasteiger partial charge in [0.05, 0.1) is 17.2 Å². The van der Waals surface area contributed by atoms with Crippen LogP contribution in [0.2, 0.25) is 0 Å². The van der Waals surface area contributed by atoms with E-state index in [-0.39, 0.29) is 17.9 Å². The fourth-order valence-electron chi connectivity index (χ4n) is 5.56. The van der Waals surface area contributed by atoms with Crippen molar-refractivity contribution in [2.45, 2.75) is 44.7 Å². The van der Waals surface area contributed by atoms with Gasteiger partial charge < -0.3 is 10.2 Å². The van der Waals surface area contributed by atoms with Crippen molar-refractivity contribution in [2.75, 3.05) is 26.2 Å². The van der Waals surface area contributed by atoms with E-state index >= 15 is 0 Å².